The lowest BCUT2D eigenvalue weighted by atomic mass is 10.0. The molecule has 0 amide bonds. The molecule has 1 nitrogen and oxygen atoms in total. The van der Waals surface area contributed by atoms with Crippen LogP contribution >= 0.6 is 55.0 Å². The van der Waals surface area contributed by atoms with Gasteiger partial charge in [-0.15, -0.1) is 23.1 Å². The first-order valence-electron chi connectivity index (χ1n) is 5.98. The summed E-state index contributed by atoms with van der Waals surface area (Å²) in [5, 5.41) is 3.59. The number of thioether (sulfide) groups is 1. The number of hydrogen-bond acceptors (Lipinski definition) is 3. The zero-order chi connectivity index (χ0) is 13.8. The highest BCUT2D eigenvalue weighted by atomic mass is 79.9. The van der Waals surface area contributed by atoms with E-state index in [4.69, 9.17) is 0 Å². The molecular formula is C14H15Br2NS2. The fourth-order valence-electron chi connectivity index (χ4n) is 2.05. The van der Waals surface area contributed by atoms with Gasteiger partial charge in [-0.25, -0.2) is 0 Å². The van der Waals surface area contributed by atoms with E-state index in [1.165, 1.54) is 19.8 Å². The van der Waals surface area contributed by atoms with Crippen LogP contribution in [0, 0.1) is 0 Å². The van der Waals surface area contributed by atoms with Crippen LogP contribution in [0.1, 0.15) is 24.1 Å². The summed E-state index contributed by atoms with van der Waals surface area (Å²) in [4.78, 5) is 1.32. The van der Waals surface area contributed by atoms with Gasteiger partial charge in [0.05, 0.1) is 13.6 Å². The van der Waals surface area contributed by atoms with Gasteiger partial charge in [0.25, 0.3) is 0 Å². The summed E-state index contributed by atoms with van der Waals surface area (Å²) in [7, 11) is 0. The molecule has 1 heterocycles. The third-order valence-electron chi connectivity index (χ3n) is 2.85. The molecule has 1 unspecified atom stereocenters. The van der Waals surface area contributed by atoms with Crippen LogP contribution in [0.4, 0.5) is 0 Å². The Hall–Kier alpha value is 0.190. The van der Waals surface area contributed by atoms with E-state index in [1.807, 2.05) is 0 Å². The van der Waals surface area contributed by atoms with Crippen LogP contribution in [0.2, 0.25) is 0 Å². The molecule has 1 aromatic heterocycles. The fourth-order valence-corrected chi connectivity index (χ4v) is 5.58. The van der Waals surface area contributed by atoms with E-state index in [0.29, 0.717) is 0 Å². The van der Waals surface area contributed by atoms with E-state index in [-0.39, 0.29) is 6.04 Å². The highest BCUT2D eigenvalue weighted by molar-refractivity contribution is 9.12. The summed E-state index contributed by atoms with van der Waals surface area (Å²) in [6.45, 7) is 3.08. The van der Waals surface area contributed by atoms with Crippen molar-refractivity contribution < 1.29 is 0 Å². The molecule has 0 saturated carbocycles. The molecule has 0 aliphatic heterocycles. The monoisotopic (exact) mass is 419 g/mol. The van der Waals surface area contributed by atoms with E-state index >= 15 is 0 Å². The van der Waals surface area contributed by atoms with Gasteiger partial charge >= 0.3 is 0 Å². The number of hydrogen-bond donors (Lipinski definition) is 1. The summed E-state index contributed by atoms with van der Waals surface area (Å²) >= 11 is 10.8. The van der Waals surface area contributed by atoms with Crippen molar-refractivity contribution in [3.05, 3.63) is 49.0 Å². The van der Waals surface area contributed by atoms with Gasteiger partial charge in [-0.05, 0) is 67.9 Å². The molecule has 0 aliphatic rings. The second-order valence-electron chi connectivity index (χ2n) is 4.01. The van der Waals surface area contributed by atoms with Crippen LogP contribution < -0.4 is 5.32 Å². The van der Waals surface area contributed by atoms with Gasteiger partial charge < -0.3 is 5.32 Å². The maximum absolute atomic E-state index is 3.67. The van der Waals surface area contributed by atoms with Gasteiger partial charge in [0.2, 0.25) is 0 Å². The molecule has 0 spiro atoms. The van der Waals surface area contributed by atoms with Crippen LogP contribution in [0.5, 0.6) is 0 Å². The maximum atomic E-state index is 3.67. The Labute approximate surface area is 139 Å². The first kappa shape index (κ1) is 15.6. The molecule has 0 saturated heterocycles. The van der Waals surface area contributed by atoms with Crippen molar-refractivity contribution in [2.45, 2.75) is 17.9 Å². The zero-order valence-corrected chi connectivity index (χ0v) is 15.5. The van der Waals surface area contributed by atoms with Crippen molar-refractivity contribution in [1.82, 2.24) is 5.32 Å². The summed E-state index contributed by atoms with van der Waals surface area (Å²) in [6.07, 6.45) is 2.13. The molecule has 19 heavy (non-hydrogen) atoms. The van der Waals surface area contributed by atoms with Crippen LogP contribution in [0.3, 0.4) is 0 Å². The van der Waals surface area contributed by atoms with Gasteiger partial charge in [0.1, 0.15) is 0 Å². The number of halogens is 2. The van der Waals surface area contributed by atoms with E-state index < -0.39 is 0 Å². The molecule has 2 rings (SSSR count). The normalized spacial score (nSPS) is 12.6. The van der Waals surface area contributed by atoms with Gasteiger partial charge in [0.15, 0.2) is 0 Å². The number of nitrogens with one attached hydrogen (secondary N) is 1. The van der Waals surface area contributed by atoms with Gasteiger partial charge in [-0.1, -0.05) is 25.1 Å². The predicted molar refractivity (Wildman–Crippen MR) is 93.5 cm³/mol. The van der Waals surface area contributed by atoms with E-state index in [1.54, 1.807) is 23.1 Å². The summed E-state index contributed by atoms with van der Waals surface area (Å²) in [5.41, 5.74) is 2.63. The second-order valence-corrected chi connectivity index (χ2v) is 8.61. The van der Waals surface area contributed by atoms with E-state index in [9.17, 15) is 0 Å². The Bertz CT molecular complexity index is 554. The molecule has 0 aliphatic carbocycles. The average Bonchev–Trinajstić information content (AvgIpc) is 2.75. The molecule has 0 radical (unpaired) electrons. The number of rotatable bonds is 5. The minimum absolute atomic E-state index is 0.227. The Morgan fingerprint density at radius 3 is 2.58 bits per heavy atom. The molecule has 102 valence electrons. The van der Waals surface area contributed by atoms with Crippen LogP contribution in [-0.4, -0.2) is 12.8 Å². The van der Waals surface area contributed by atoms with Crippen LogP contribution in [0.15, 0.2) is 42.8 Å². The first-order chi connectivity index (χ1) is 9.17. The minimum Gasteiger partial charge on any atom is -0.306 e. The lowest BCUT2D eigenvalue weighted by molar-refractivity contribution is 0.622. The molecule has 2 aromatic rings. The molecule has 1 atom stereocenters. The number of thiophene rings is 1. The third-order valence-corrected chi connectivity index (χ3v) is 6.05. The van der Waals surface area contributed by atoms with Gasteiger partial charge in [-0.2, -0.15) is 0 Å². The SMILES string of the molecule is CCNC(c1ccccc1SC)c1cc(Br)sc1Br. The molecule has 0 bridgehead atoms. The van der Waals surface area contributed by atoms with Gasteiger partial charge in [-0.3, -0.25) is 0 Å². The Kier molecular flexibility index (Phi) is 5.96. The first-order valence-corrected chi connectivity index (χ1v) is 9.61. The summed E-state index contributed by atoms with van der Waals surface area (Å²) in [5.74, 6) is 0. The third kappa shape index (κ3) is 3.64. The van der Waals surface area contributed by atoms with Crippen LogP contribution in [-0.2, 0) is 0 Å². The van der Waals surface area contributed by atoms with Crippen molar-refractivity contribution in [1.29, 1.82) is 0 Å². The largest absolute Gasteiger partial charge is 0.306 e. The maximum Gasteiger partial charge on any atom is 0.0761 e. The molecule has 5 heteroatoms. The van der Waals surface area contributed by atoms with E-state index in [2.05, 4.69) is 80.7 Å². The lowest BCUT2D eigenvalue weighted by Gasteiger charge is -2.20. The number of benzene rings is 1. The average molecular weight is 421 g/mol. The topological polar surface area (TPSA) is 12.0 Å². The predicted octanol–water partition coefficient (Wildman–Crippen LogP) is 5.69. The highest BCUT2D eigenvalue weighted by Gasteiger charge is 2.20. The van der Waals surface area contributed by atoms with Crippen molar-refractivity contribution in [2.24, 2.45) is 0 Å². The van der Waals surface area contributed by atoms with Crippen molar-refractivity contribution >= 4 is 55.0 Å². The Morgan fingerprint density at radius 2 is 2.00 bits per heavy atom. The van der Waals surface area contributed by atoms with Crippen LogP contribution in [0.25, 0.3) is 0 Å². The van der Waals surface area contributed by atoms with Crippen molar-refractivity contribution in [2.75, 3.05) is 12.8 Å². The molecule has 1 aromatic carbocycles. The fraction of sp³-hybridized carbons (Fsp3) is 0.286. The lowest BCUT2D eigenvalue weighted by Crippen LogP contribution is -2.22. The quantitative estimate of drug-likeness (QED) is 0.623. The minimum atomic E-state index is 0.227. The highest BCUT2D eigenvalue weighted by Crippen LogP contribution is 2.39. The standard InChI is InChI=1S/C14H15Br2NS2/c1-3-17-13(10-8-12(15)19-14(10)16)9-6-4-5-7-11(9)18-2/h4-8,13,17H,3H2,1-2H3. The molecule has 1 N–H and O–H groups in total. The summed E-state index contributed by atoms with van der Waals surface area (Å²) < 4.78 is 2.33. The zero-order valence-electron chi connectivity index (χ0n) is 10.7. The Balaban J connectivity index is 2.48. The molecule has 0 fully saturated rings. The Morgan fingerprint density at radius 1 is 1.26 bits per heavy atom. The van der Waals surface area contributed by atoms with Crippen molar-refractivity contribution in [3.8, 4) is 0 Å². The van der Waals surface area contributed by atoms with Gasteiger partial charge in [0, 0.05) is 4.90 Å². The smallest absolute Gasteiger partial charge is 0.0761 e. The molecular weight excluding hydrogens is 406 g/mol. The summed E-state index contributed by atoms with van der Waals surface area (Å²) in [6, 6.07) is 11.0. The van der Waals surface area contributed by atoms with Crippen molar-refractivity contribution in [3.63, 3.8) is 0 Å². The second kappa shape index (κ2) is 7.27. The van der Waals surface area contributed by atoms with E-state index in [0.717, 1.165) is 10.3 Å².